The molecule has 3 aromatic rings. The van der Waals surface area contributed by atoms with Crippen molar-refractivity contribution in [3.63, 3.8) is 0 Å². The van der Waals surface area contributed by atoms with Gasteiger partial charge in [-0.1, -0.05) is 22.9 Å². The molecule has 1 N–H and O–H groups in total. The van der Waals surface area contributed by atoms with Crippen molar-refractivity contribution in [3.8, 4) is 0 Å². The maximum Gasteiger partial charge on any atom is 0.229 e. The first-order chi connectivity index (χ1) is 12.6. The molecule has 3 heterocycles. The fourth-order valence-electron chi connectivity index (χ4n) is 3.21. The quantitative estimate of drug-likeness (QED) is 0.689. The van der Waals surface area contributed by atoms with E-state index in [-0.39, 0.29) is 17.6 Å². The molecule has 0 spiro atoms. The Kier molecular flexibility index (Phi) is 4.69. The molecule has 1 aliphatic rings. The van der Waals surface area contributed by atoms with Crippen LogP contribution < -0.4 is 10.2 Å². The van der Waals surface area contributed by atoms with Gasteiger partial charge in [0.25, 0.3) is 0 Å². The summed E-state index contributed by atoms with van der Waals surface area (Å²) in [6.45, 7) is 1.35. The van der Waals surface area contributed by atoms with Crippen LogP contribution in [0.15, 0.2) is 29.8 Å². The number of hydrogen-bond acceptors (Lipinski definition) is 6. The largest absolute Gasteiger partial charge is 0.356 e. The van der Waals surface area contributed by atoms with E-state index in [0.29, 0.717) is 36.2 Å². The molecule has 1 saturated heterocycles. The lowest BCUT2D eigenvalue weighted by Crippen LogP contribution is -2.38. The van der Waals surface area contributed by atoms with Gasteiger partial charge in [0, 0.05) is 24.4 Å². The summed E-state index contributed by atoms with van der Waals surface area (Å²) in [5.41, 5.74) is 1.58. The molecule has 26 heavy (non-hydrogen) atoms. The first kappa shape index (κ1) is 17.1. The van der Waals surface area contributed by atoms with Crippen molar-refractivity contribution < 1.29 is 9.18 Å². The number of hydrogen-bond donors (Lipinski definition) is 1. The summed E-state index contributed by atoms with van der Waals surface area (Å²) in [6, 6.07) is 6.25. The number of carbonyl (C=O) groups excluding carboxylic acids is 1. The van der Waals surface area contributed by atoms with Crippen molar-refractivity contribution >= 4 is 50.6 Å². The highest BCUT2D eigenvalue weighted by Crippen LogP contribution is 2.31. The van der Waals surface area contributed by atoms with Crippen LogP contribution >= 0.6 is 22.9 Å². The van der Waals surface area contributed by atoms with Gasteiger partial charge in [-0.2, -0.15) is 0 Å². The SMILES string of the molecule is O=C(Nc1nncs1)C1CCN(c2nc(Cl)cc3cc(F)ccc23)CC1. The first-order valence-corrected chi connectivity index (χ1v) is 9.44. The molecule has 0 bridgehead atoms. The van der Waals surface area contributed by atoms with E-state index in [4.69, 9.17) is 11.6 Å². The van der Waals surface area contributed by atoms with Crippen LogP contribution in [0.5, 0.6) is 0 Å². The average Bonchev–Trinajstić information content (AvgIpc) is 3.13. The number of fused-ring (bicyclic) bond motifs is 1. The summed E-state index contributed by atoms with van der Waals surface area (Å²) in [7, 11) is 0. The fourth-order valence-corrected chi connectivity index (χ4v) is 3.85. The zero-order valence-corrected chi connectivity index (χ0v) is 15.2. The number of anilines is 2. The van der Waals surface area contributed by atoms with Crippen molar-refractivity contribution in [2.24, 2.45) is 5.92 Å². The molecule has 4 rings (SSSR count). The molecule has 0 unspecified atom stereocenters. The average molecular weight is 392 g/mol. The Hall–Kier alpha value is -2.32. The predicted molar refractivity (Wildman–Crippen MR) is 100 cm³/mol. The second-order valence-electron chi connectivity index (χ2n) is 6.13. The van der Waals surface area contributed by atoms with Crippen molar-refractivity contribution in [1.29, 1.82) is 0 Å². The Morgan fingerprint density at radius 3 is 2.85 bits per heavy atom. The fraction of sp³-hybridized carbons (Fsp3) is 0.294. The Labute approximate surface area is 158 Å². The van der Waals surface area contributed by atoms with Gasteiger partial charge in [-0.3, -0.25) is 4.79 Å². The molecule has 134 valence electrons. The van der Waals surface area contributed by atoms with Gasteiger partial charge >= 0.3 is 0 Å². The molecule has 0 atom stereocenters. The van der Waals surface area contributed by atoms with Crippen molar-refractivity contribution in [2.75, 3.05) is 23.3 Å². The number of halogens is 2. The van der Waals surface area contributed by atoms with E-state index < -0.39 is 0 Å². The van der Waals surface area contributed by atoms with Gasteiger partial charge in [0.15, 0.2) is 0 Å². The zero-order valence-electron chi connectivity index (χ0n) is 13.7. The lowest BCUT2D eigenvalue weighted by molar-refractivity contribution is -0.120. The topological polar surface area (TPSA) is 71.0 Å². The lowest BCUT2D eigenvalue weighted by Gasteiger charge is -2.32. The molecule has 2 aromatic heterocycles. The van der Waals surface area contributed by atoms with Gasteiger partial charge in [-0.15, -0.1) is 10.2 Å². The van der Waals surface area contributed by atoms with E-state index in [1.165, 1.54) is 23.5 Å². The van der Waals surface area contributed by atoms with Gasteiger partial charge in [0.05, 0.1) is 0 Å². The van der Waals surface area contributed by atoms with E-state index in [9.17, 15) is 9.18 Å². The molecular formula is C17H15ClFN5OS. The summed E-state index contributed by atoms with van der Waals surface area (Å²) in [6.07, 6.45) is 1.39. The Morgan fingerprint density at radius 1 is 1.31 bits per heavy atom. The summed E-state index contributed by atoms with van der Waals surface area (Å²) in [5.74, 6) is 0.304. The maximum absolute atomic E-state index is 13.5. The summed E-state index contributed by atoms with van der Waals surface area (Å²) < 4.78 is 13.5. The minimum atomic E-state index is -0.308. The second kappa shape index (κ2) is 7.13. The zero-order chi connectivity index (χ0) is 18.1. The van der Waals surface area contributed by atoms with Crippen LogP contribution in [-0.2, 0) is 4.79 Å². The van der Waals surface area contributed by atoms with Crippen LogP contribution in [0, 0.1) is 11.7 Å². The molecule has 9 heteroatoms. The Morgan fingerprint density at radius 2 is 2.12 bits per heavy atom. The van der Waals surface area contributed by atoms with Gasteiger partial charge in [-0.05, 0) is 42.5 Å². The highest BCUT2D eigenvalue weighted by Gasteiger charge is 2.27. The molecule has 0 saturated carbocycles. The molecule has 1 fully saturated rings. The number of piperidine rings is 1. The third-order valence-electron chi connectivity index (χ3n) is 4.50. The molecule has 1 aromatic carbocycles. The molecule has 0 radical (unpaired) electrons. The second-order valence-corrected chi connectivity index (χ2v) is 7.35. The van der Waals surface area contributed by atoms with Crippen LogP contribution in [-0.4, -0.2) is 34.2 Å². The number of nitrogens with one attached hydrogen (secondary N) is 1. The maximum atomic E-state index is 13.5. The summed E-state index contributed by atoms with van der Waals surface area (Å²) in [5, 5.41) is 12.8. The van der Waals surface area contributed by atoms with Crippen LogP contribution in [0.2, 0.25) is 5.15 Å². The number of pyridine rings is 1. The molecule has 0 aliphatic carbocycles. The van der Waals surface area contributed by atoms with E-state index in [0.717, 1.165) is 16.6 Å². The number of carbonyl (C=O) groups is 1. The molecular weight excluding hydrogens is 377 g/mol. The standard InChI is InChI=1S/C17H15ClFN5OS/c18-14-8-11-7-12(19)1-2-13(11)15(21-14)24-5-3-10(4-6-24)16(25)22-17-23-20-9-26-17/h1-2,7-10H,3-6H2,(H,22,23,25). The van der Waals surface area contributed by atoms with Crippen molar-refractivity contribution in [1.82, 2.24) is 15.2 Å². The molecule has 6 nitrogen and oxygen atoms in total. The Bertz CT molecular complexity index is 938. The number of aromatic nitrogens is 3. The smallest absolute Gasteiger partial charge is 0.229 e. The number of rotatable bonds is 3. The van der Waals surface area contributed by atoms with E-state index >= 15 is 0 Å². The van der Waals surface area contributed by atoms with Gasteiger partial charge < -0.3 is 10.2 Å². The van der Waals surface area contributed by atoms with E-state index in [1.807, 2.05) is 0 Å². The van der Waals surface area contributed by atoms with Crippen molar-refractivity contribution in [3.05, 3.63) is 40.7 Å². The normalized spacial score (nSPS) is 15.4. The van der Waals surface area contributed by atoms with Gasteiger partial charge in [0.1, 0.15) is 22.3 Å². The highest BCUT2D eigenvalue weighted by molar-refractivity contribution is 7.13. The van der Waals surface area contributed by atoms with Crippen LogP contribution in [0.4, 0.5) is 15.3 Å². The minimum absolute atomic E-state index is 0.0348. The number of amides is 1. The number of nitrogens with zero attached hydrogens (tertiary/aromatic N) is 4. The molecule has 1 aliphatic heterocycles. The predicted octanol–water partition coefficient (Wildman–Crippen LogP) is 3.73. The van der Waals surface area contributed by atoms with Crippen molar-refractivity contribution in [2.45, 2.75) is 12.8 Å². The lowest BCUT2D eigenvalue weighted by atomic mass is 9.95. The van der Waals surface area contributed by atoms with Crippen LogP contribution in [0.1, 0.15) is 12.8 Å². The third-order valence-corrected chi connectivity index (χ3v) is 5.30. The Balaban J connectivity index is 1.50. The minimum Gasteiger partial charge on any atom is -0.356 e. The number of benzene rings is 1. The van der Waals surface area contributed by atoms with E-state index in [1.54, 1.807) is 17.6 Å². The molecule has 1 amide bonds. The summed E-state index contributed by atoms with van der Waals surface area (Å²) in [4.78, 5) is 18.9. The van der Waals surface area contributed by atoms with Crippen LogP contribution in [0.25, 0.3) is 10.8 Å². The highest BCUT2D eigenvalue weighted by atomic mass is 35.5. The summed E-state index contributed by atoms with van der Waals surface area (Å²) >= 11 is 7.41. The van der Waals surface area contributed by atoms with E-state index in [2.05, 4.69) is 25.4 Å². The monoisotopic (exact) mass is 391 g/mol. The van der Waals surface area contributed by atoms with Crippen LogP contribution in [0.3, 0.4) is 0 Å². The first-order valence-electron chi connectivity index (χ1n) is 8.18. The third kappa shape index (κ3) is 3.47. The van der Waals surface area contributed by atoms with Gasteiger partial charge in [0.2, 0.25) is 11.0 Å². The van der Waals surface area contributed by atoms with Gasteiger partial charge in [-0.25, -0.2) is 9.37 Å².